The van der Waals surface area contributed by atoms with Gasteiger partial charge in [-0.2, -0.15) is 0 Å². The van der Waals surface area contributed by atoms with Gasteiger partial charge in [0.05, 0.1) is 11.9 Å². The van der Waals surface area contributed by atoms with E-state index in [9.17, 15) is 9.18 Å². The smallest absolute Gasteiger partial charge is 0.254 e. The van der Waals surface area contributed by atoms with Crippen LogP contribution in [0.1, 0.15) is 22.4 Å². The molecule has 1 aliphatic rings. The first kappa shape index (κ1) is 18.4. The third kappa shape index (κ3) is 4.46. The molecule has 5 nitrogen and oxygen atoms in total. The van der Waals surface area contributed by atoms with Crippen LogP contribution in [-0.4, -0.2) is 16.1 Å². The topological polar surface area (TPSA) is 56.1 Å². The fourth-order valence-electron chi connectivity index (χ4n) is 3.35. The lowest BCUT2D eigenvalue weighted by atomic mass is 9.97. The van der Waals surface area contributed by atoms with Crippen molar-refractivity contribution in [2.75, 3.05) is 6.54 Å². The SMILES string of the molecule is O=c1cc(OCc2ccc(F)cn2)ccn1CCc1ccc2c(c1)CNCC2. The zero-order valence-electron chi connectivity index (χ0n) is 15.5. The van der Waals surface area contributed by atoms with E-state index in [0.29, 0.717) is 18.0 Å². The molecule has 1 N–H and O–H groups in total. The Balaban J connectivity index is 1.36. The molecule has 0 saturated carbocycles. The maximum atomic E-state index is 12.9. The number of ether oxygens (including phenoxy) is 1. The normalized spacial score (nSPS) is 13.2. The summed E-state index contributed by atoms with van der Waals surface area (Å²) in [6.07, 6.45) is 4.76. The lowest BCUT2D eigenvalue weighted by molar-refractivity contribution is 0.299. The highest BCUT2D eigenvalue weighted by atomic mass is 19.1. The number of benzene rings is 1. The van der Waals surface area contributed by atoms with Crippen LogP contribution in [0.4, 0.5) is 4.39 Å². The second kappa shape index (κ2) is 8.35. The van der Waals surface area contributed by atoms with Crippen molar-refractivity contribution in [2.45, 2.75) is 32.5 Å². The van der Waals surface area contributed by atoms with E-state index in [2.05, 4.69) is 28.5 Å². The number of halogens is 1. The molecule has 3 heterocycles. The fourth-order valence-corrected chi connectivity index (χ4v) is 3.35. The number of aromatic nitrogens is 2. The van der Waals surface area contributed by atoms with Gasteiger partial charge in [-0.3, -0.25) is 9.78 Å². The Morgan fingerprint density at radius 3 is 2.89 bits per heavy atom. The summed E-state index contributed by atoms with van der Waals surface area (Å²) < 4.78 is 20.1. The first-order chi connectivity index (χ1) is 13.7. The summed E-state index contributed by atoms with van der Waals surface area (Å²) >= 11 is 0. The molecule has 0 amide bonds. The Hall–Kier alpha value is -2.99. The van der Waals surface area contributed by atoms with Gasteiger partial charge < -0.3 is 14.6 Å². The van der Waals surface area contributed by atoms with E-state index in [-0.39, 0.29) is 18.0 Å². The minimum absolute atomic E-state index is 0.107. The van der Waals surface area contributed by atoms with Crippen LogP contribution in [0.5, 0.6) is 5.75 Å². The minimum Gasteiger partial charge on any atom is -0.487 e. The van der Waals surface area contributed by atoms with Crippen LogP contribution in [0.2, 0.25) is 0 Å². The molecule has 0 saturated heterocycles. The van der Waals surface area contributed by atoms with E-state index in [0.717, 1.165) is 32.1 Å². The van der Waals surface area contributed by atoms with Crippen LogP contribution in [0, 0.1) is 5.82 Å². The maximum absolute atomic E-state index is 12.9. The number of nitrogens with zero attached hydrogens (tertiary/aromatic N) is 2. The summed E-state index contributed by atoms with van der Waals surface area (Å²) in [6.45, 7) is 2.75. The third-order valence-electron chi connectivity index (χ3n) is 4.94. The van der Waals surface area contributed by atoms with Crippen LogP contribution >= 0.6 is 0 Å². The standard InChI is InChI=1S/C22H22FN3O2/c23-19-3-4-20(25-14-19)15-28-21-7-10-26(22(27)12-21)9-6-16-1-2-17-5-8-24-13-18(17)11-16/h1-4,7,10-12,14,24H,5-6,8-9,13,15H2. The highest BCUT2D eigenvalue weighted by molar-refractivity contribution is 5.33. The molecule has 0 aliphatic carbocycles. The van der Waals surface area contributed by atoms with Crippen molar-refractivity contribution in [1.82, 2.24) is 14.9 Å². The van der Waals surface area contributed by atoms with Crippen molar-refractivity contribution in [3.63, 3.8) is 0 Å². The summed E-state index contributed by atoms with van der Waals surface area (Å²) in [6, 6.07) is 12.7. The second-order valence-electron chi connectivity index (χ2n) is 6.93. The van der Waals surface area contributed by atoms with Gasteiger partial charge in [-0.05, 0) is 54.3 Å². The molecule has 28 heavy (non-hydrogen) atoms. The van der Waals surface area contributed by atoms with E-state index in [1.807, 2.05) is 0 Å². The number of pyridine rings is 2. The molecule has 1 aliphatic heterocycles. The summed E-state index contributed by atoms with van der Waals surface area (Å²) in [5.41, 5.74) is 4.50. The largest absolute Gasteiger partial charge is 0.487 e. The van der Waals surface area contributed by atoms with Crippen molar-refractivity contribution in [3.05, 3.63) is 93.4 Å². The van der Waals surface area contributed by atoms with Gasteiger partial charge in [0.1, 0.15) is 18.2 Å². The van der Waals surface area contributed by atoms with Crippen molar-refractivity contribution in [3.8, 4) is 5.75 Å². The molecular weight excluding hydrogens is 357 g/mol. The average molecular weight is 379 g/mol. The van der Waals surface area contributed by atoms with E-state index in [1.165, 1.54) is 28.8 Å². The van der Waals surface area contributed by atoms with Gasteiger partial charge in [0.2, 0.25) is 0 Å². The molecule has 0 bridgehead atoms. The predicted octanol–water partition coefficient (Wildman–Crippen LogP) is 2.85. The van der Waals surface area contributed by atoms with Gasteiger partial charge in [0, 0.05) is 25.4 Å². The van der Waals surface area contributed by atoms with E-state index in [4.69, 9.17) is 4.74 Å². The molecule has 1 aromatic carbocycles. The van der Waals surface area contributed by atoms with E-state index < -0.39 is 0 Å². The molecule has 4 rings (SSSR count). The highest BCUT2D eigenvalue weighted by Gasteiger charge is 2.09. The molecule has 0 radical (unpaired) electrons. The van der Waals surface area contributed by atoms with Gasteiger partial charge in [-0.15, -0.1) is 0 Å². The summed E-state index contributed by atoms with van der Waals surface area (Å²) in [5, 5.41) is 3.39. The van der Waals surface area contributed by atoms with Gasteiger partial charge in [0.15, 0.2) is 0 Å². The Morgan fingerprint density at radius 1 is 1.14 bits per heavy atom. The molecule has 0 spiro atoms. The number of aryl methyl sites for hydroxylation is 2. The highest BCUT2D eigenvalue weighted by Crippen LogP contribution is 2.16. The monoisotopic (exact) mass is 379 g/mol. The molecule has 6 heteroatoms. The van der Waals surface area contributed by atoms with Crippen LogP contribution < -0.4 is 15.6 Å². The van der Waals surface area contributed by atoms with E-state index >= 15 is 0 Å². The van der Waals surface area contributed by atoms with Crippen molar-refractivity contribution >= 4 is 0 Å². The zero-order valence-corrected chi connectivity index (χ0v) is 15.5. The average Bonchev–Trinajstić information content (AvgIpc) is 2.72. The summed E-state index contributed by atoms with van der Waals surface area (Å²) in [5.74, 6) is 0.0915. The lowest BCUT2D eigenvalue weighted by Crippen LogP contribution is -2.24. The van der Waals surface area contributed by atoms with Gasteiger partial charge in [-0.1, -0.05) is 18.2 Å². The molecule has 2 aromatic heterocycles. The lowest BCUT2D eigenvalue weighted by Gasteiger charge is -2.18. The number of fused-ring (bicyclic) bond motifs is 1. The molecule has 3 aromatic rings. The van der Waals surface area contributed by atoms with E-state index in [1.54, 1.807) is 22.9 Å². The Labute approximate surface area is 162 Å². The Bertz CT molecular complexity index is 1020. The van der Waals surface area contributed by atoms with Crippen LogP contribution in [0.3, 0.4) is 0 Å². The number of rotatable bonds is 6. The van der Waals surface area contributed by atoms with Crippen molar-refractivity contribution < 1.29 is 9.13 Å². The first-order valence-corrected chi connectivity index (χ1v) is 9.42. The molecular formula is C22H22FN3O2. The third-order valence-corrected chi connectivity index (χ3v) is 4.94. The van der Waals surface area contributed by atoms with Gasteiger partial charge in [-0.25, -0.2) is 4.39 Å². The quantitative estimate of drug-likeness (QED) is 0.716. The van der Waals surface area contributed by atoms with Gasteiger partial charge in [0.25, 0.3) is 5.56 Å². The number of nitrogens with one attached hydrogen (secondary N) is 1. The van der Waals surface area contributed by atoms with Gasteiger partial charge >= 0.3 is 0 Å². The van der Waals surface area contributed by atoms with Crippen LogP contribution in [0.25, 0.3) is 0 Å². The fraction of sp³-hybridized carbons (Fsp3) is 0.273. The van der Waals surface area contributed by atoms with Crippen LogP contribution in [0.15, 0.2) is 59.7 Å². The molecule has 0 unspecified atom stereocenters. The predicted molar refractivity (Wildman–Crippen MR) is 105 cm³/mol. The second-order valence-corrected chi connectivity index (χ2v) is 6.93. The van der Waals surface area contributed by atoms with Crippen LogP contribution in [-0.2, 0) is 32.5 Å². The first-order valence-electron chi connectivity index (χ1n) is 9.42. The Morgan fingerprint density at radius 2 is 2.07 bits per heavy atom. The van der Waals surface area contributed by atoms with Crippen molar-refractivity contribution in [2.24, 2.45) is 0 Å². The zero-order chi connectivity index (χ0) is 19.3. The summed E-state index contributed by atoms with van der Waals surface area (Å²) in [4.78, 5) is 16.3. The number of hydrogen-bond donors (Lipinski definition) is 1. The molecule has 0 fully saturated rings. The number of hydrogen-bond acceptors (Lipinski definition) is 4. The molecule has 144 valence electrons. The Kier molecular flexibility index (Phi) is 5.48. The minimum atomic E-state index is -0.387. The summed E-state index contributed by atoms with van der Waals surface area (Å²) in [7, 11) is 0. The van der Waals surface area contributed by atoms with Crippen molar-refractivity contribution in [1.29, 1.82) is 0 Å². The molecule has 0 atom stereocenters. The maximum Gasteiger partial charge on any atom is 0.254 e.